The summed E-state index contributed by atoms with van der Waals surface area (Å²) in [5.41, 5.74) is 2.32. The second kappa shape index (κ2) is 6.59. The number of nitrogens with one attached hydrogen (secondary N) is 2. The molecular formula is C17H21N3O. The Morgan fingerprint density at radius 3 is 2.52 bits per heavy atom. The van der Waals surface area contributed by atoms with E-state index in [9.17, 15) is 4.79 Å². The fourth-order valence-corrected chi connectivity index (χ4v) is 2.81. The number of hydrogen-bond acceptors (Lipinski definition) is 3. The lowest BCUT2D eigenvalue weighted by atomic mass is 10.0. The van der Waals surface area contributed by atoms with Gasteiger partial charge in [-0.15, -0.1) is 0 Å². The molecule has 0 aliphatic carbocycles. The van der Waals surface area contributed by atoms with Crippen LogP contribution in [0.2, 0.25) is 0 Å². The van der Waals surface area contributed by atoms with Crippen molar-refractivity contribution in [1.29, 1.82) is 0 Å². The smallest absolute Gasteiger partial charge is 0.248 e. The molecule has 3 rings (SSSR count). The first-order valence-electron chi connectivity index (χ1n) is 7.51. The van der Waals surface area contributed by atoms with Gasteiger partial charge >= 0.3 is 0 Å². The zero-order valence-electron chi connectivity index (χ0n) is 12.1. The SMILES string of the molecule is O=c1ccc(NC2CCN(Cc3ccccc3)CC2)c[nH]1. The Hall–Kier alpha value is -2.07. The summed E-state index contributed by atoms with van der Waals surface area (Å²) in [5, 5.41) is 3.50. The molecule has 0 atom stereocenters. The Morgan fingerprint density at radius 2 is 1.86 bits per heavy atom. The minimum Gasteiger partial charge on any atom is -0.381 e. The molecule has 1 aromatic carbocycles. The van der Waals surface area contributed by atoms with Gasteiger partial charge in [0.05, 0.1) is 5.69 Å². The van der Waals surface area contributed by atoms with Crippen molar-refractivity contribution in [3.63, 3.8) is 0 Å². The number of rotatable bonds is 4. The van der Waals surface area contributed by atoms with Crippen LogP contribution < -0.4 is 10.9 Å². The topological polar surface area (TPSA) is 48.1 Å². The van der Waals surface area contributed by atoms with Crippen LogP contribution in [0.1, 0.15) is 18.4 Å². The molecule has 4 nitrogen and oxygen atoms in total. The lowest BCUT2D eigenvalue weighted by Crippen LogP contribution is -2.38. The van der Waals surface area contributed by atoms with E-state index in [0.717, 1.165) is 38.2 Å². The van der Waals surface area contributed by atoms with E-state index >= 15 is 0 Å². The van der Waals surface area contributed by atoms with Crippen LogP contribution in [0.15, 0.2) is 53.5 Å². The summed E-state index contributed by atoms with van der Waals surface area (Å²) in [6, 6.07) is 14.5. The van der Waals surface area contributed by atoms with E-state index in [-0.39, 0.29) is 5.56 Å². The third-order valence-electron chi connectivity index (χ3n) is 3.99. The van der Waals surface area contributed by atoms with Gasteiger partial charge in [-0.2, -0.15) is 0 Å². The Morgan fingerprint density at radius 1 is 1.10 bits per heavy atom. The van der Waals surface area contributed by atoms with E-state index in [2.05, 4.69) is 45.5 Å². The number of aromatic amines is 1. The summed E-state index contributed by atoms with van der Waals surface area (Å²) in [7, 11) is 0. The van der Waals surface area contributed by atoms with Gasteiger partial charge < -0.3 is 10.3 Å². The first kappa shape index (κ1) is 13.9. The lowest BCUT2D eigenvalue weighted by molar-refractivity contribution is 0.211. The fourth-order valence-electron chi connectivity index (χ4n) is 2.81. The number of aromatic nitrogens is 1. The summed E-state index contributed by atoms with van der Waals surface area (Å²) in [5.74, 6) is 0. The predicted octanol–water partition coefficient (Wildman–Crippen LogP) is 2.45. The molecule has 0 bridgehead atoms. The standard InChI is InChI=1S/C17H21N3O/c21-17-7-6-16(12-18-17)19-15-8-10-20(11-9-15)13-14-4-2-1-3-5-14/h1-7,12,15,19H,8-11,13H2,(H,18,21). The van der Waals surface area contributed by atoms with Gasteiger partial charge in [-0.1, -0.05) is 30.3 Å². The van der Waals surface area contributed by atoms with Crippen LogP contribution in [0, 0.1) is 0 Å². The largest absolute Gasteiger partial charge is 0.381 e. The third kappa shape index (κ3) is 3.95. The second-order valence-corrected chi connectivity index (χ2v) is 5.62. The van der Waals surface area contributed by atoms with Gasteiger partial charge in [-0.05, 0) is 24.5 Å². The molecular weight excluding hydrogens is 262 g/mol. The van der Waals surface area contributed by atoms with Gasteiger partial charge in [0.2, 0.25) is 5.56 Å². The average molecular weight is 283 g/mol. The first-order valence-corrected chi connectivity index (χ1v) is 7.51. The van der Waals surface area contributed by atoms with Crippen molar-refractivity contribution in [3.05, 3.63) is 64.6 Å². The first-order chi connectivity index (χ1) is 10.3. The molecule has 0 spiro atoms. The molecule has 4 heteroatoms. The minimum atomic E-state index is -0.0572. The van der Waals surface area contributed by atoms with Crippen molar-refractivity contribution in [2.75, 3.05) is 18.4 Å². The zero-order valence-corrected chi connectivity index (χ0v) is 12.1. The van der Waals surface area contributed by atoms with Crippen molar-refractivity contribution in [1.82, 2.24) is 9.88 Å². The molecule has 1 fully saturated rings. The highest BCUT2D eigenvalue weighted by Gasteiger charge is 2.18. The van der Waals surface area contributed by atoms with E-state index in [0.29, 0.717) is 6.04 Å². The maximum atomic E-state index is 11.0. The molecule has 2 N–H and O–H groups in total. The van der Waals surface area contributed by atoms with E-state index in [1.54, 1.807) is 12.3 Å². The number of nitrogens with zero attached hydrogens (tertiary/aromatic N) is 1. The number of benzene rings is 1. The van der Waals surface area contributed by atoms with Crippen molar-refractivity contribution in [2.45, 2.75) is 25.4 Å². The summed E-state index contributed by atoms with van der Waals surface area (Å²) in [4.78, 5) is 16.2. The van der Waals surface area contributed by atoms with Gasteiger partial charge in [0.25, 0.3) is 0 Å². The van der Waals surface area contributed by atoms with Crippen LogP contribution in [-0.2, 0) is 6.54 Å². The van der Waals surface area contributed by atoms with Crippen LogP contribution in [0.3, 0.4) is 0 Å². The van der Waals surface area contributed by atoms with E-state index in [1.165, 1.54) is 5.56 Å². The molecule has 2 heterocycles. The number of pyridine rings is 1. The van der Waals surface area contributed by atoms with Crippen LogP contribution in [0.5, 0.6) is 0 Å². The summed E-state index contributed by atoms with van der Waals surface area (Å²) < 4.78 is 0. The lowest BCUT2D eigenvalue weighted by Gasteiger charge is -2.32. The average Bonchev–Trinajstić information content (AvgIpc) is 2.53. The van der Waals surface area contributed by atoms with Crippen LogP contribution >= 0.6 is 0 Å². The Balaban J connectivity index is 1.49. The number of anilines is 1. The van der Waals surface area contributed by atoms with E-state index in [1.807, 2.05) is 6.07 Å². The Kier molecular flexibility index (Phi) is 4.36. The molecule has 2 aromatic rings. The van der Waals surface area contributed by atoms with Crippen molar-refractivity contribution < 1.29 is 0 Å². The van der Waals surface area contributed by atoms with Crippen LogP contribution in [-0.4, -0.2) is 29.0 Å². The van der Waals surface area contributed by atoms with Gasteiger partial charge in [-0.25, -0.2) is 0 Å². The fraction of sp³-hybridized carbons (Fsp3) is 0.353. The highest BCUT2D eigenvalue weighted by molar-refractivity contribution is 5.40. The number of H-pyrrole nitrogens is 1. The third-order valence-corrected chi connectivity index (χ3v) is 3.99. The maximum Gasteiger partial charge on any atom is 0.248 e. The zero-order chi connectivity index (χ0) is 14.5. The highest BCUT2D eigenvalue weighted by atomic mass is 16.1. The molecule has 0 saturated carbocycles. The molecule has 110 valence electrons. The summed E-state index contributed by atoms with van der Waals surface area (Å²) in [6.07, 6.45) is 4.01. The number of likely N-dealkylation sites (tertiary alicyclic amines) is 1. The number of hydrogen-bond donors (Lipinski definition) is 2. The monoisotopic (exact) mass is 283 g/mol. The van der Waals surface area contributed by atoms with Gasteiger partial charge in [-0.3, -0.25) is 9.69 Å². The second-order valence-electron chi connectivity index (χ2n) is 5.62. The minimum absolute atomic E-state index is 0.0572. The predicted molar refractivity (Wildman–Crippen MR) is 85.4 cm³/mol. The quantitative estimate of drug-likeness (QED) is 0.906. The molecule has 1 aliphatic rings. The van der Waals surface area contributed by atoms with E-state index < -0.39 is 0 Å². The van der Waals surface area contributed by atoms with Crippen molar-refractivity contribution in [2.24, 2.45) is 0 Å². The van der Waals surface area contributed by atoms with Crippen molar-refractivity contribution >= 4 is 5.69 Å². The Labute approximate surface area is 124 Å². The molecule has 0 radical (unpaired) electrons. The Bertz CT molecular complexity index is 595. The van der Waals surface area contributed by atoms with Gasteiger partial charge in [0.1, 0.15) is 0 Å². The van der Waals surface area contributed by atoms with Gasteiger partial charge in [0.15, 0.2) is 0 Å². The maximum absolute atomic E-state index is 11.0. The summed E-state index contributed by atoms with van der Waals surface area (Å²) in [6.45, 7) is 3.25. The van der Waals surface area contributed by atoms with Crippen LogP contribution in [0.4, 0.5) is 5.69 Å². The van der Waals surface area contributed by atoms with Gasteiger partial charge in [0, 0.05) is 37.9 Å². The molecule has 1 saturated heterocycles. The highest BCUT2D eigenvalue weighted by Crippen LogP contribution is 2.17. The molecule has 0 unspecified atom stereocenters. The molecule has 0 amide bonds. The summed E-state index contributed by atoms with van der Waals surface area (Å²) >= 11 is 0. The molecule has 1 aromatic heterocycles. The number of piperidine rings is 1. The normalized spacial score (nSPS) is 16.8. The molecule has 1 aliphatic heterocycles. The van der Waals surface area contributed by atoms with Crippen molar-refractivity contribution in [3.8, 4) is 0 Å². The molecule has 21 heavy (non-hydrogen) atoms. The van der Waals surface area contributed by atoms with Crippen LogP contribution in [0.25, 0.3) is 0 Å². The van der Waals surface area contributed by atoms with E-state index in [4.69, 9.17) is 0 Å².